The van der Waals surface area contributed by atoms with Gasteiger partial charge in [-0.3, -0.25) is 19.3 Å². The average molecular weight is 443 g/mol. The molecule has 3 atom stereocenters. The summed E-state index contributed by atoms with van der Waals surface area (Å²) in [6.45, 7) is 1.58. The number of aromatic nitrogens is 1. The van der Waals surface area contributed by atoms with Crippen molar-refractivity contribution in [2.45, 2.75) is 31.7 Å². The Morgan fingerprint density at radius 3 is 2.50 bits per heavy atom. The van der Waals surface area contributed by atoms with Crippen molar-refractivity contribution in [2.24, 2.45) is 17.8 Å². The van der Waals surface area contributed by atoms with Gasteiger partial charge in [0.25, 0.3) is 0 Å². The number of piperidine rings is 1. The van der Waals surface area contributed by atoms with Crippen LogP contribution in [0, 0.1) is 17.8 Å². The van der Waals surface area contributed by atoms with Crippen molar-refractivity contribution < 1.29 is 28.6 Å². The minimum absolute atomic E-state index is 0.0421. The summed E-state index contributed by atoms with van der Waals surface area (Å²) in [5.74, 6) is -2.85. The molecule has 3 heterocycles. The van der Waals surface area contributed by atoms with E-state index in [1.807, 2.05) is 12.1 Å². The molecule has 0 bridgehead atoms. The standard InChI is InChI=1S/C24H30N2O6/c1-30-20(27)9-8-14-13-26-11-10-16-15-6-4-5-7-18(15)25-22(16)19(26)12-17(14)21(23(28)31-2)24(29)32-3/h4-7,14,17,19,21,25H,8-13H2,1-3H3/t14-,17+,19-/m1/s1. The van der Waals surface area contributed by atoms with Crippen LogP contribution in [0.1, 0.15) is 36.6 Å². The van der Waals surface area contributed by atoms with Crippen LogP contribution in [0.2, 0.25) is 0 Å². The van der Waals surface area contributed by atoms with Gasteiger partial charge in [-0.2, -0.15) is 0 Å². The van der Waals surface area contributed by atoms with E-state index in [1.54, 1.807) is 0 Å². The van der Waals surface area contributed by atoms with E-state index in [4.69, 9.17) is 14.2 Å². The zero-order valence-electron chi connectivity index (χ0n) is 18.8. The van der Waals surface area contributed by atoms with Crippen molar-refractivity contribution in [1.29, 1.82) is 0 Å². The highest BCUT2D eigenvalue weighted by Crippen LogP contribution is 2.46. The molecule has 8 nitrogen and oxygen atoms in total. The lowest BCUT2D eigenvalue weighted by molar-refractivity contribution is -0.165. The molecule has 0 unspecified atom stereocenters. The number of nitrogens with zero attached hydrogens (tertiary/aromatic N) is 1. The Balaban J connectivity index is 1.70. The van der Waals surface area contributed by atoms with Crippen molar-refractivity contribution in [2.75, 3.05) is 34.4 Å². The maximum absolute atomic E-state index is 12.7. The number of fused-ring (bicyclic) bond motifs is 5. The van der Waals surface area contributed by atoms with Gasteiger partial charge in [0, 0.05) is 36.1 Å². The number of esters is 3. The molecule has 172 valence electrons. The number of para-hydroxylation sites is 1. The van der Waals surface area contributed by atoms with Crippen molar-refractivity contribution in [3.63, 3.8) is 0 Å². The SMILES string of the molecule is COC(=O)CC[C@@H]1CN2CCc3c([nH]c4ccccc34)[C@H]2C[C@@H]1C(C(=O)OC)C(=O)OC. The summed E-state index contributed by atoms with van der Waals surface area (Å²) in [5, 5.41) is 1.23. The lowest BCUT2D eigenvalue weighted by atomic mass is 9.70. The lowest BCUT2D eigenvalue weighted by Gasteiger charge is -2.47. The monoisotopic (exact) mass is 442 g/mol. The van der Waals surface area contributed by atoms with Crippen LogP contribution in [0.25, 0.3) is 10.9 Å². The molecule has 4 rings (SSSR count). The Hall–Kier alpha value is -2.87. The fourth-order valence-electron chi connectivity index (χ4n) is 5.56. The Morgan fingerprint density at radius 1 is 1.09 bits per heavy atom. The highest BCUT2D eigenvalue weighted by atomic mass is 16.5. The Bertz CT molecular complexity index is 999. The molecule has 8 heteroatoms. The molecule has 0 saturated carbocycles. The summed E-state index contributed by atoms with van der Waals surface area (Å²) in [5.41, 5.74) is 3.56. The fourth-order valence-corrected chi connectivity index (χ4v) is 5.56. The topological polar surface area (TPSA) is 97.9 Å². The largest absolute Gasteiger partial charge is 0.469 e. The van der Waals surface area contributed by atoms with Crippen LogP contribution in [0.3, 0.4) is 0 Å². The van der Waals surface area contributed by atoms with E-state index in [0.717, 1.165) is 24.2 Å². The first kappa shape index (κ1) is 22.3. The van der Waals surface area contributed by atoms with Crippen LogP contribution in [0.4, 0.5) is 0 Å². The molecule has 0 radical (unpaired) electrons. The quantitative estimate of drug-likeness (QED) is 0.417. The van der Waals surface area contributed by atoms with Crippen LogP contribution in [0.15, 0.2) is 24.3 Å². The number of nitrogens with one attached hydrogen (secondary N) is 1. The molecule has 1 saturated heterocycles. The predicted molar refractivity (Wildman–Crippen MR) is 117 cm³/mol. The first-order valence-corrected chi connectivity index (χ1v) is 11.0. The number of H-pyrrole nitrogens is 1. The molecule has 1 aromatic heterocycles. The summed E-state index contributed by atoms with van der Waals surface area (Å²) in [7, 11) is 3.94. The van der Waals surface area contributed by atoms with Crippen LogP contribution in [-0.2, 0) is 35.0 Å². The van der Waals surface area contributed by atoms with Crippen LogP contribution >= 0.6 is 0 Å². The average Bonchev–Trinajstić information content (AvgIpc) is 3.21. The number of hydrogen-bond acceptors (Lipinski definition) is 7. The molecule has 2 aliphatic heterocycles. The van der Waals surface area contributed by atoms with Gasteiger partial charge in [-0.25, -0.2) is 0 Å². The number of ether oxygens (including phenoxy) is 3. The van der Waals surface area contributed by atoms with E-state index < -0.39 is 17.9 Å². The smallest absolute Gasteiger partial charge is 0.320 e. The van der Waals surface area contributed by atoms with Gasteiger partial charge in [-0.1, -0.05) is 18.2 Å². The molecule has 32 heavy (non-hydrogen) atoms. The number of methoxy groups -OCH3 is 3. The minimum Gasteiger partial charge on any atom is -0.469 e. The van der Waals surface area contributed by atoms with Crippen molar-refractivity contribution in [3.8, 4) is 0 Å². The van der Waals surface area contributed by atoms with E-state index in [0.29, 0.717) is 19.4 Å². The van der Waals surface area contributed by atoms with E-state index in [9.17, 15) is 14.4 Å². The summed E-state index contributed by atoms with van der Waals surface area (Å²) in [6.07, 6.45) is 2.30. The maximum atomic E-state index is 12.7. The Morgan fingerprint density at radius 2 is 1.81 bits per heavy atom. The molecule has 1 N–H and O–H groups in total. The van der Waals surface area contributed by atoms with Crippen LogP contribution in [0.5, 0.6) is 0 Å². The van der Waals surface area contributed by atoms with Gasteiger partial charge in [-0.05, 0) is 42.7 Å². The summed E-state index contributed by atoms with van der Waals surface area (Å²) >= 11 is 0. The summed E-state index contributed by atoms with van der Waals surface area (Å²) < 4.78 is 14.8. The molecular formula is C24H30N2O6. The zero-order chi connectivity index (χ0) is 22.8. The molecule has 2 aromatic rings. The van der Waals surface area contributed by atoms with Crippen molar-refractivity contribution in [3.05, 3.63) is 35.5 Å². The first-order chi connectivity index (χ1) is 15.5. The second-order valence-electron chi connectivity index (χ2n) is 8.62. The van der Waals surface area contributed by atoms with Crippen molar-refractivity contribution in [1.82, 2.24) is 9.88 Å². The van der Waals surface area contributed by atoms with Gasteiger partial charge < -0.3 is 19.2 Å². The molecule has 0 spiro atoms. The van der Waals surface area contributed by atoms with Crippen molar-refractivity contribution >= 4 is 28.8 Å². The van der Waals surface area contributed by atoms with E-state index >= 15 is 0 Å². The Kier molecular flexibility index (Phi) is 6.50. The predicted octanol–water partition coefficient (Wildman–Crippen LogP) is 2.62. The summed E-state index contributed by atoms with van der Waals surface area (Å²) in [4.78, 5) is 43.1. The second kappa shape index (κ2) is 9.32. The van der Waals surface area contributed by atoms with Gasteiger partial charge in [0.15, 0.2) is 5.92 Å². The Labute approximate surface area is 187 Å². The summed E-state index contributed by atoms with van der Waals surface area (Å²) in [6, 6.07) is 8.32. The first-order valence-electron chi connectivity index (χ1n) is 11.0. The highest BCUT2D eigenvalue weighted by molar-refractivity contribution is 5.95. The highest BCUT2D eigenvalue weighted by Gasteiger charge is 2.48. The number of hydrogen-bond donors (Lipinski definition) is 1. The van der Waals surface area contributed by atoms with Crippen LogP contribution in [-0.4, -0.2) is 62.2 Å². The van der Waals surface area contributed by atoms with E-state index in [-0.39, 0.29) is 30.3 Å². The third-order valence-corrected chi connectivity index (χ3v) is 7.12. The molecule has 0 amide bonds. The minimum atomic E-state index is -1.02. The zero-order valence-corrected chi connectivity index (χ0v) is 18.8. The third kappa shape index (κ3) is 3.99. The fraction of sp³-hybridized carbons (Fsp3) is 0.542. The molecule has 1 fully saturated rings. The number of benzene rings is 1. The number of carbonyl (C=O) groups excluding carboxylic acids is 3. The molecule has 0 aliphatic carbocycles. The van der Waals surface area contributed by atoms with Gasteiger partial charge >= 0.3 is 17.9 Å². The van der Waals surface area contributed by atoms with Crippen LogP contribution < -0.4 is 0 Å². The van der Waals surface area contributed by atoms with Gasteiger partial charge in [0.05, 0.1) is 27.4 Å². The third-order valence-electron chi connectivity index (χ3n) is 7.12. The van der Waals surface area contributed by atoms with E-state index in [1.165, 1.54) is 32.3 Å². The number of carbonyl (C=O) groups is 3. The van der Waals surface area contributed by atoms with Gasteiger partial charge in [0.1, 0.15) is 0 Å². The lowest BCUT2D eigenvalue weighted by Crippen LogP contribution is -2.50. The second-order valence-corrected chi connectivity index (χ2v) is 8.62. The molecule has 2 aliphatic rings. The molecule has 1 aromatic carbocycles. The normalized spacial score (nSPS) is 22.8. The van der Waals surface area contributed by atoms with Gasteiger partial charge in [-0.15, -0.1) is 0 Å². The molecular weight excluding hydrogens is 412 g/mol. The number of aromatic amines is 1. The van der Waals surface area contributed by atoms with E-state index in [2.05, 4.69) is 22.0 Å². The van der Waals surface area contributed by atoms with Gasteiger partial charge in [0.2, 0.25) is 0 Å². The number of rotatable bonds is 6. The maximum Gasteiger partial charge on any atom is 0.320 e.